The topological polar surface area (TPSA) is 562 Å². The standard InChI is InChI=1S/C50H80N14O19/c1-24(2)38(49(82)83)62-43(76)29(8-4-5-17-51)56-42(75)31(15-16-36(69)70)58-44(77)32(20-26-11-13-27(68)14-12-26)59-46(79)35-10-7-19-64(35)48(81)34(23-66)61-41(74)30(9-6-18-55-50(53)54)57-45(78)33(21-37(71)72)60-47(80)39(25(3)67)63-40(73)28(52)22-65/h11-14,24-25,28-35,38-39,65-68H,4-10,15-23,51-52H2,1-3H3,(H,56,75)(H,57,78)(H,58,77)(H,59,79)(H,60,80)(H,61,74)(H,62,76)(H,63,73)(H,69,70)(H,71,72)(H,82,83)(H4,53,54,55)/t25-,28+,29+,30+,31+,32+,33+,34+,35+,38+,39+/m1/s1. The molecule has 0 radical (unpaired) electrons. The van der Waals surface area contributed by atoms with Gasteiger partial charge in [-0.25, -0.2) is 4.79 Å². The molecular weight excluding hydrogens is 1100 g/mol. The molecule has 1 aromatic carbocycles. The molecule has 2 rings (SSSR count). The van der Waals surface area contributed by atoms with Gasteiger partial charge in [0.05, 0.1) is 25.7 Å². The lowest BCUT2D eigenvalue weighted by molar-refractivity contribution is -0.144. The predicted molar refractivity (Wildman–Crippen MR) is 290 cm³/mol. The smallest absolute Gasteiger partial charge is 0.326 e. The third-order valence-electron chi connectivity index (χ3n) is 12.9. The molecule has 0 unspecified atom stereocenters. The molecule has 83 heavy (non-hydrogen) atoms. The Balaban J connectivity index is 2.48. The zero-order valence-corrected chi connectivity index (χ0v) is 46.3. The number of rotatable bonds is 37. The van der Waals surface area contributed by atoms with Crippen LogP contribution in [0.15, 0.2) is 29.3 Å². The molecule has 0 spiro atoms. The molecule has 23 N–H and O–H groups in total. The number of nitrogens with zero attached hydrogens (tertiary/aromatic N) is 2. The van der Waals surface area contributed by atoms with E-state index >= 15 is 0 Å². The third kappa shape index (κ3) is 24.4. The molecule has 1 aliphatic rings. The van der Waals surface area contributed by atoms with Gasteiger partial charge in [0.2, 0.25) is 53.2 Å². The van der Waals surface area contributed by atoms with Gasteiger partial charge in [-0.1, -0.05) is 26.0 Å². The zero-order valence-electron chi connectivity index (χ0n) is 46.3. The van der Waals surface area contributed by atoms with Gasteiger partial charge in [0, 0.05) is 25.9 Å². The number of carboxylic acids is 3. The molecule has 1 saturated heterocycles. The lowest BCUT2D eigenvalue weighted by atomic mass is 10.0. The SMILES string of the molecule is CC(C)[C@H](NC(=O)[C@H](CCCCN)NC(=O)[C@H](CCC(=O)O)NC(=O)[C@H](Cc1ccc(O)cc1)NC(=O)[C@@H]1CCCN1C(=O)[C@H](CO)NC(=O)[C@H](CCCN=C(N)N)NC(=O)[C@H](CC(=O)O)NC(=O)[C@@H](NC(=O)[C@@H](N)CO)[C@@H](C)O)C(=O)O. The summed E-state index contributed by atoms with van der Waals surface area (Å²) in [6.45, 7) is 2.15. The van der Waals surface area contributed by atoms with Crippen molar-refractivity contribution in [3.63, 3.8) is 0 Å². The lowest BCUT2D eigenvalue weighted by Crippen LogP contribution is -2.62. The first-order valence-electron chi connectivity index (χ1n) is 26.6. The fraction of sp³-hybridized carbons (Fsp3) is 0.620. The van der Waals surface area contributed by atoms with Crippen LogP contribution in [0.4, 0.5) is 0 Å². The van der Waals surface area contributed by atoms with Crippen molar-refractivity contribution in [2.45, 2.75) is 158 Å². The van der Waals surface area contributed by atoms with E-state index in [1.807, 2.05) is 0 Å². The number of amides is 9. The Morgan fingerprint density at radius 1 is 0.627 bits per heavy atom. The second kappa shape index (κ2) is 35.6. The van der Waals surface area contributed by atoms with Crippen LogP contribution in [0.5, 0.6) is 5.75 Å². The number of carbonyl (C=O) groups excluding carboxylic acids is 9. The number of carbonyl (C=O) groups is 12. The second-order valence-corrected chi connectivity index (χ2v) is 20.0. The van der Waals surface area contributed by atoms with E-state index < -0.39 is 176 Å². The van der Waals surface area contributed by atoms with Gasteiger partial charge in [0.25, 0.3) is 0 Å². The van der Waals surface area contributed by atoms with Gasteiger partial charge < -0.3 is 106 Å². The highest BCUT2D eigenvalue weighted by molar-refractivity contribution is 5.99. The first-order valence-corrected chi connectivity index (χ1v) is 26.6. The van der Waals surface area contributed by atoms with Crippen molar-refractivity contribution in [3.05, 3.63) is 29.8 Å². The van der Waals surface area contributed by atoms with Gasteiger partial charge in [-0.15, -0.1) is 0 Å². The number of hydrogen-bond donors (Lipinski definition) is 19. The number of guanidine groups is 1. The van der Waals surface area contributed by atoms with Crippen LogP contribution in [0.3, 0.4) is 0 Å². The van der Waals surface area contributed by atoms with E-state index in [0.29, 0.717) is 12.0 Å². The number of aliphatic imine (C=N–C) groups is 1. The summed E-state index contributed by atoms with van der Waals surface area (Å²) in [4.78, 5) is 164. The molecular formula is C50H80N14O19. The van der Waals surface area contributed by atoms with E-state index in [4.69, 9.17) is 22.9 Å². The maximum atomic E-state index is 14.3. The van der Waals surface area contributed by atoms with Crippen molar-refractivity contribution in [2.24, 2.45) is 33.8 Å². The van der Waals surface area contributed by atoms with Crippen molar-refractivity contribution in [3.8, 4) is 5.75 Å². The van der Waals surface area contributed by atoms with Gasteiger partial charge in [-0.2, -0.15) is 0 Å². The summed E-state index contributed by atoms with van der Waals surface area (Å²) in [6, 6.07) is -10.9. The second-order valence-electron chi connectivity index (χ2n) is 20.0. The highest BCUT2D eigenvalue weighted by Crippen LogP contribution is 2.20. The summed E-state index contributed by atoms with van der Waals surface area (Å²) in [5, 5.41) is 87.5. The number of nitrogens with one attached hydrogen (secondary N) is 8. The highest BCUT2D eigenvalue weighted by Gasteiger charge is 2.41. The number of aromatic hydroxyl groups is 1. The minimum absolute atomic E-state index is 0.0369. The van der Waals surface area contributed by atoms with Crippen LogP contribution < -0.4 is 65.5 Å². The molecule has 0 aliphatic carbocycles. The lowest BCUT2D eigenvalue weighted by Gasteiger charge is -2.30. The molecule has 0 saturated carbocycles. The number of aliphatic hydroxyl groups is 3. The molecule has 0 bridgehead atoms. The first-order chi connectivity index (χ1) is 39.0. The summed E-state index contributed by atoms with van der Waals surface area (Å²) in [6.07, 6.45) is -3.92. The highest BCUT2D eigenvalue weighted by atomic mass is 16.4. The summed E-state index contributed by atoms with van der Waals surface area (Å²) >= 11 is 0. The Kier molecular flexibility index (Phi) is 30.3. The number of aliphatic hydroxyl groups excluding tert-OH is 3. The molecule has 33 heteroatoms. The number of phenols is 1. The third-order valence-corrected chi connectivity index (χ3v) is 12.9. The van der Waals surface area contributed by atoms with E-state index in [9.17, 15) is 93.3 Å². The fourth-order valence-corrected chi connectivity index (χ4v) is 8.35. The van der Waals surface area contributed by atoms with Crippen LogP contribution in [-0.4, -0.2) is 217 Å². The van der Waals surface area contributed by atoms with Crippen LogP contribution in [-0.2, 0) is 64.0 Å². The molecule has 11 atom stereocenters. The normalized spacial score (nSPS) is 16.5. The van der Waals surface area contributed by atoms with Crippen LogP contribution in [0.1, 0.15) is 90.5 Å². The number of phenolic OH excluding ortho intramolecular Hbond substituents is 1. The number of hydrogen-bond acceptors (Lipinski definition) is 19. The summed E-state index contributed by atoms with van der Waals surface area (Å²) in [7, 11) is 0. The Bertz CT molecular complexity index is 2440. The molecule has 33 nitrogen and oxygen atoms in total. The minimum atomic E-state index is -1.99. The molecule has 1 heterocycles. The van der Waals surface area contributed by atoms with Crippen molar-refractivity contribution in [2.75, 3.05) is 32.8 Å². The molecule has 0 aromatic heterocycles. The molecule has 9 amide bonds. The van der Waals surface area contributed by atoms with Gasteiger partial charge in [0.15, 0.2) is 5.96 Å². The maximum Gasteiger partial charge on any atom is 0.326 e. The van der Waals surface area contributed by atoms with E-state index in [2.05, 4.69) is 47.5 Å². The average molecular weight is 1180 g/mol. The molecule has 1 aromatic rings. The van der Waals surface area contributed by atoms with E-state index in [1.165, 1.54) is 24.3 Å². The number of unbranched alkanes of at least 4 members (excludes halogenated alkanes) is 1. The van der Waals surface area contributed by atoms with E-state index in [0.717, 1.165) is 11.8 Å². The first kappa shape index (κ1) is 70.8. The Morgan fingerprint density at radius 3 is 1.65 bits per heavy atom. The fourth-order valence-electron chi connectivity index (χ4n) is 8.35. The van der Waals surface area contributed by atoms with E-state index in [-0.39, 0.29) is 76.3 Å². The van der Waals surface area contributed by atoms with Gasteiger partial charge >= 0.3 is 17.9 Å². The number of aliphatic carboxylic acids is 3. The average Bonchev–Trinajstić information content (AvgIpc) is 4.12. The number of benzene rings is 1. The monoisotopic (exact) mass is 1180 g/mol. The number of carboxylic acid groups (broad SMARTS) is 3. The number of nitrogens with two attached hydrogens (primary N) is 4. The largest absolute Gasteiger partial charge is 0.508 e. The molecule has 1 aliphatic heterocycles. The molecule has 1 fully saturated rings. The van der Waals surface area contributed by atoms with Crippen molar-refractivity contribution >= 4 is 77.0 Å². The van der Waals surface area contributed by atoms with E-state index in [1.54, 1.807) is 13.8 Å². The summed E-state index contributed by atoms with van der Waals surface area (Å²) in [5.74, 6) is -15.2. The van der Waals surface area contributed by atoms with Crippen LogP contribution >= 0.6 is 0 Å². The Morgan fingerprint density at radius 2 is 1.14 bits per heavy atom. The van der Waals surface area contributed by atoms with Crippen LogP contribution in [0.2, 0.25) is 0 Å². The van der Waals surface area contributed by atoms with Gasteiger partial charge in [-0.3, -0.25) is 57.7 Å². The summed E-state index contributed by atoms with van der Waals surface area (Å²) < 4.78 is 0. The zero-order chi connectivity index (χ0) is 62.7. The van der Waals surface area contributed by atoms with Crippen molar-refractivity contribution in [1.82, 2.24) is 47.4 Å². The predicted octanol–water partition coefficient (Wildman–Crippen LogP) is -7.24. The Hall–Kier alpha value is -8.27. The summed E-state index contributed by atoms with van der Waals surface area (Å²) in [5.41, 5.74) is 22.3. The van der Waals surface area contributed by atoms with Crippen molar-refractivity contribution < 1.29 is 93.3 Å². The maximum absolute atomic E-state index is 14.3. The van der Waals surface area contributed by atoms with Gasteiger partial charge in [0.1, 0.15) is 66.2 Å². The van der Waals surface area contributed by atoms with Crippen LogP contribution in [0.25, 0.3) is 0 Å². The Labute approximate surface area is 476 Å². The molecule has 464 valence electrons. The van der Waals surface area contributed by atoms with Crippen molar-refractivity contribution in [1.29, 1.82) is 0 Å². The van der Waals surface area contributed by atoms with Crippen LogP contribution in [0, 0.1) is 5.92 Å². The minimum Gasteiger partial charge on any atom is -0.508 e. The van der Waals surface area contributed by atoms with Gasteiger partial charge in [-0.05, 0) is 88.4 Å². The quantitative estimate of drug-likeness (QED) is 0.0167. The number of likely N-dealkylation sites (tertiary alicyclic amines) is 1.